The van der Waals surface area contributed by atoms with Gasteiger partial charge in [0.1, 0.15) is 5.75 Å². The van der Waals surface area contributed by atoms with Gasteiger partial charge in [-0.2, -0.15) is 0 Å². The molecule has 0 aromatic heterocycles. The minimum atomic E-state index is -0.150. The van der Waals surface area contributed by atoms with Gasteiger partial charge >= 0.3 is 0 Å². The van der Waals surface area contributed by atoms with Gasteiger partial charge in [0.25, 0.3) is 0 Å². The van der Waals surface area contributed by atoms with Gasteiger partial charge in [0.2, 0.25) is 5.91 Å². The zero-order valence-corrected chi connectivity index (χ0v) is 16.9. The van der Waals surface area contributed by atoms with Crippen LogP contribution in [0.1, 0.15) is 19.4 Å². The summed E-state index contributed by atoms with van der Waals surface area (Å²) in [6.07, 6.45) is 3.46. The molecule has 1 aliphatic heterocycles. The van der Waals surface area contributed by atoms with E-state index in [0.717, 1.165) is 43.2 Å². The van der Waals surface area contributed by atoms with Gasteiger partial charge in [-0.15, -0.1) is 0 Å². The van der Waals surface area contributed by atoms with Gasteiger partial charge in [0.05, 0.1) is 6.10 Å². The van der Waals surface area contributed by atoms with Crippen molar-refractivity contribution in [3.63, 3.8) is 0 Å². The molecule has 1 heterocycles. The Morgan fingerprint density at radius 2 is 1.79 bits per heavy atom. The van der Waals surface area contributed by atoms with Gasteiger partial charge in [-0.05, 0) is 68.9 Å². The molecule has 5 nitrogen and oxygen atoms in total. The molecular weight excluding hydrogens is 350 g/mol. The molecule has 0 unspecified atom stereocenters. The molecule has 1 aliphatic rings. The Labute approximate surface area is 167 Å². The van der Waals surface area contributed by atoms with E-state index < -0.39 is 0 Å². The summed E-state index contributed by atoms with van der Waals surface area (Å²) in [4.78, 5) is 16.9. The molecular formula is C23H29N3O2. The number of carbonyl (C=O) groups excluding carboxylic acids is 1. The molecule has 2 aromatic rings. The summed E-state index contributed by atoms with van der Waals surface area (Å²) < 4.78 is 5.68. The second kappa shape index (κ2) is 9.42. The highest BCUT2D eigenvalue weighted by atomic mass is 16.5. The van der Waals surface area contributed by atoms with Crippen molar-refractivity contribution in [2.24, 2.45) is 0 Å². The number of hydrogen-bond donors (Lipinski definition) is 1. The van der Waals surface area contributed by atoms with Crippen molar-refractivity contribution in [2.75, 3.05) is 43.4 Å². The van der Waals surface area contributed by atoms with Crippen LogP contribution in [0.5, 0.6) is 5.75 Å². The third kappa shape index (κ3) is 5.86. The Morgan fingerprint density at radius 3 is 2.46 bits per heavy atom. The summed E-state index contributed by atoms with van der Waals surface area (Å²) in [6, 6.07) is 15.8. The van der Waals surface area contributed by atoms with Crippen LogP contribution in [-0.4, -0.2) is 50.1 Å². The largest absolute Gasteiger partial charge is 0.491 e. The Hall–Kier alpha value is -2.79. The Kier molecular flexibility index (Phi) is 6.71. The summed E-state index contributed by atoms with van der Waals surface area (Å²) >= 11 is 0. The highest BCUT2D eigenvalue weighted by molar-refractivity contribution is 6.02. The van der Waals surface area contributed by atoms with Crippen LogP contribution in [0.4, 0.5) is 11.4 Å². The fourth-order valence-electron chi connectivity index (χ4n) is 3.14. The molecule has 0 radical (unpaired) electrons. The number of nitrogens with one attached hydrogen (secondary N) is 1. The zero-order valence-electron chi connectivity index (χ0n) is 16.9. The molecule has 148 valence electrons. The van der Waals surface area contributed by atoms with Crippen LogP contribution in [-0.2, 0) is 4.79 Å². The van der Waals surface area contributed by atoms with Crippen molar-refractivity contribution in [3.05, 3.63) is 60.2 Å². The molecule has 1 fully saturated rings. The third-order valence-electron chi connectivity index (χ3n) is 4.66. The molecule has 3 rings (SSSR count). The average Bonchev–Trinajstić information content (AvgIpc) is 2.67. The Bertz CT molecular complexity index is 807. The number of hydrogen-bond acceptors (Lipinski definition) is 4. The maximum atomic E-state index is 12.2. The van der Waals surface area contributed by atoms with Crippen molar-refractivity contribution in [1.29, 1.82) is 0 Å². The monoisotopic (exact) mass is 379 g/mol. The minimum absolute atomic E-state index is 0.122. The second-order valence-electron chi connectivity index (χ2n) is 7.40. The molecule has 0 saturated carbocycles. The van der Waals surface area contributed by atoms with E-state index in [2.05, 4.69) is 34.3 Å². The van der Waals surface area contributed by atoms with Gasteiger partial charge in [-0.3, -0.25) is 4.79 Å². The molecule has 5 heteroatoms. The van der Waals surface area contributed by atoms with E-state index in [1.807, 2.05) is 50.2 Å². The highest BCUT2D eigenvalue weighted by Crippen LogP contribution is 2.20. The second-order valence-corrected chi connectivity index (χ2v) is 7.40. The Morgan fingerprint density at radius 1 is 1.07 bits per heavy atom. The lowest BCUT2D eigenvalue weighted by atomic mass is 10.2. The number of likely N-dealkylation sites (N-methyl/N-ethyl adjacent to an activating group) is 1. The number of ether oxygens (including phenoxy) is 1. The van der Waals surface area contributed by atoms with Crippen molar-refractivity contribution in [1.82, 2.24) is 4.90 Å². The molecule has 1 N–H and O–H groups in total. The summed E-state index contributed by atoms with van der Waals surface area (Å²) in [5.41, 5.74) is 2.92. The normalized spacial score (nSPS) is 15.2. The number of benzene rings is 2. The highest BCUT2D eigenvalue weighted by Gasteiger charge is 2.14. The smallest absolute Gasteiger partial charge is 0.248 e. The van der Waals surface area contributed by atoms with E-state index in [4.69, 9.17) is 4.74 Å². The van der Waals surface area contributed by atoms with E-state index in [1.165, 1.54) is 5.69 Å². The first kappa shape index (κ1) is 20.0. The van der Waals surface area contributed by atoms with Crippen LogP contribution in [0.25, 0.3) is 6.08 Å². The molecule has 1 amide bonds. The van der Waals surface area contributed by atoms with Crippen LogP contribution in [0.15, 0.2) is 54.6 Å². The fraction of sp³-hybridized carbons (Fsp3) is 0.348. The zero-order chi connectivity index (χ0) is 19.9. The molecule has 0 bridgehead atoms. The van der Waals surface area contributed by atoms with E-state index >= 15 is 0 Å². The van der Waals surface area contributed by atoms with Crippen molar-refractivity contribution < 1.29 is 9.53 Å². The molecule has 0 aliphatic carbocycles. The van der Waals surface area contributed by atoms with Gasteiger partial charge in [-0.25, -0.2) is 0 Å². The SMILES string of the molecule is CC(C)Oc1cccc(/C=C/C(=O)Nc2ccc(N3CCN(C)CC3)cc2)c1. The third-order valence-corrected chi connectivity index (χ3v) is 4.66. The topological polar surface area (TPSA) is 44.8 Å². The summed E-state index contributed by atoms with van der Waals surface area (Å²) in [5, 5.41) is 2.91. The van der Waals surface area contributed by atoms with E-state index in [-0.39, 0.29) is 12.0 Å². The number of carbonyl (C=O) groups is 1. The number of rotatable bonds is 6. The van der Waals surface area contributed by atoms with Crippen LogP contribution >= 0.6 is 0 Å². The van der Waals surface area contributed by atoms with E-state index in [0.29, 0.717) is 0 Å². The predicted octanol–water partition coefficient (Wildman–Crippen LogP) is 3.88. The summed E-state index contributed by atoms with van der Waals surface area (Å²) in [7, 11) is 2.15. The fourth-order valence-corrected chi connectivity index (χ4v) is 3.14. The van der Waals surface area contributed by atoms with Crippen molar-refractivity contribution in [3.8, 4) is 5.75 Å². The lowest BCUT2D eigenvalue weighted by Crippen LogP contribution is -2.44. The van der Waals surface area contributed by atoms with Crippen LogP contribution in [0, 0.1) is 0 Å². The molecule has 1 saturated heterocycles. The van der Waals surface area contributed by atoms with Gasteiger partial charge < -0.3 is 19.9 Å². The first-order valence-corrected chi connectivity index (χ1v) is 9.79. The van der Waals surface area contributed by atoms with Gasteiger partial charge in [0.15, 0.2) is 0 Å². The van der Waals surface area contributed by atoms with Crippen molar-refractivity contribution >= 4 is 23.4 Å². The van der Waals surface area contributed by atoms with Gasteiger partial charge in [-0.1, -0.05) is 12.1 Å². The van der Waals surface area contributed by atoms with Crippen LogP contribution in [0.3, 0.4) is 0 Å². The summed E-state index contributed by atoms with van der Waals surface area (Å²) in [6.45, 7) is 8.20. The van der Waals surface area contributed by atoms with Crippen molar-refractivity contribution in [2.45, 2.75) is 20.0 Å². The number of anilines is 2. The quantitative estimate of drug-likeness (QED) is 0.774. The first-order valence-electron chi connectivity index (χ1n) is 9.79. The number of amides is 1. The molecule has 2 aromatic carbocycles. The van der Waals surface area contributed by atoms with E-state index in [9.17, 15) is 4.79 Å². The molecule has 0 atom stereocenters. The number of nitrogens with zero attached hydrogens (tertiary/aromatic N) is 2. The van der Waals surface area contributed by atoms with E-state index in [1.54, 1.807) is 12.2 Å². The maximum Gasteiger partial charge on any atom is 0.248 e. The lowest BCUT2D eigenvalue weighted by molar-refractivity contribution is -0.111. The minimum Gasteiger partial charge on any atom is -0.491 e. The van der Waals surface area contributed by atoms with Crippen LogP contribution in [0.2, 0.25) is 0 Å². The maximum absolute atomic E-state index is 12.2. The lowest BCUT2D eigenvalue weighted by Gasteiger charge is -2.34. The standard InChI is InChI=1S/C23H29N3O2/c1-18(2)28-22-6-4-5-19(17-22)7-12-23(27)24-20-8-10-21(11-9-20)26-15-13-25(3)14-16-26/h4-12,17-18H,13-16H2,1-3H3,(H,24,27)/b12-7+. The average molecular weight is 380 g/mol. The van der Waals surface area contributed by atoms with Crippen LogP contribution < -0.4 is 15.0 Å². The predicted molar refractivity (Wildman–Crippen MR) is 116 cm³/mol. The molecule has 28 heavy (non-hydrogen) atoms. The van der Waals surface area contributed by atoms with Gasteiger partial charge in [0, 0.05) is 43.6 Å². The molecule has 0 spiro atoms. The Balaban J connectivity index is 1.55. The first-order chi connectivity index (χ1) is 13.5. The number of piperazine rings is 1. The summed E-state index contributed by atoms with van der Waals surface area (Å²) in [5.74, 6) is 0.652.